The minimum atomic E-state index is -4.84. The highest BCUT2D eigenvalue weighted by Crippen LogP contribution is 2.24. The van der Waals surface area contributed by atoms with Crippen LogP contribution in [-0.4, -0.2) is 78.0 Å². The first-order valence-corrected chi connectivity index (χ1v) is 11.0. The van der Waals surface area contributed by atoms with Gasteiger partial charge in [0.05, 0.1) is 0 Å². The fraction of sp³-hybridized carbons (Fsp3) is 0.391. The number of likely N-dealkylation sites (tertiary alicyclic amines) is 1. The van der Waals surface area contributed by atoms with Gasteiger partial charge in [-0.25, -0.2) is 0 Å². The van der Waals surface area contributed by atoms with Crippen LogP contribution >= 0.6 is 11.6 Å². The van der Waals surface area contributed by atoms with Crippen molar-refractivity contribution in [3.05, 3.63) is 64.7 Å². The quantitative estimate of drug-likeness (QED) is 0.656. The van der Waals surface area contributed by atoms with Crippen molar-refractivity contribution < 1.29 is 27.5 Å². The molecule has 2 fully saturated rings. The predicted octanol–water partition coefficient (Wildman–Crippen LogP) is 3.45. The van der Waals surface area contributed by atoms with Crippen LogP contribution in [0.2, 0.25) is 5.02 Å². The predicted molar refractivity (Wildman–Crippen MR) is 116 cm³/mol. The lowest BCUT2D eigenvalue weighted by molar-refractivity contribution is -0.187. The van der Waals surface area contributed by atoms with Gasteiger partial charge in [0, 0.05) is 55.9 Å². The van der Waals surface area contributed by atoms with E-state index in [1.54, 1.807) is 35.2 Å². The molecule has 176 valence electrons. The lowest BCUT2D eigenvalue weighted by Gasteiger charge is -2.48. The molecule has 33 heavy (non-hydrogen) atoms. The number of benzene rings is 2. The molecule has 4 rings (SSSR count). The smallest absolute Gasteiger partial charge is 0.471 e. The largest absolute Gasteiger partial charge is 0.489 e. The lowest BCUT2D eigenvalue weighted by atomic mass is 10.0. The van der Waals surface area contributed by atoms with E-state index >= 15 is 0 Å². The van der Waals surface area contributed by atoms with Gasteiger partial charge in [-0.2, -0.15) is 13.2 Å². The van der Waals surface area contributed by atoms with Crippen molar-refractivity contribution in [2.75, 3.05) is 39.3 Å². The summed E-state index contributed by atoms with van der Waals surface area (Å²) >= 11 is 5.97. The van der Waals surface area contributed by atoms with Crippen molar-refractivity contribution in [3.63, 3.8) is 0 Å². The molecule has 0 bridgehead atoms. The molecular formula is C23H23ClF3N3O3. The molecule has 2 aromatic rings. The van der Waals surface area contributed by atoms with Crippen molar-refractivity contribution in [2.45, 2.75) is 18.8 Å². The fourth-order valence-corrected chi connectivity index (χ4v) is 4.20. The van der Waals surface area contributed by atoms with Crippen LogP contribution in [0.15, 0.2) is 48.5 Å². The maximum atomic E-state index is 12.7. The summed E-state index contributed by atoms with van der Waals surface area (Å²) in [5, 5.41) is 0.640. The van der Waals surface area contributed by atoms with E-state index in [-0.39, 0.29) is 25.0 Å². The van der Waals surface area contributed by atoms with E-state index in [1.807, 2.05) is 23.1 Å². The van der Waals surface area contributed by atoms with Gasteiger partial charge < -0.3 is 14.5 Å². The van der Waals surface area contributed by atoms with Crippen molar-refractivity contribution in [3.8, 4) is 5.75 Å². The number of carbonyl (C=O) groups excluding carboxylic acids is 2. The molecule has 0 saturated carbocycles. The summed E-state index contributed by atoms with van der Waals surface area (Å²) in [6, 6.07) is 14.4. The van der Waals surface area contributed by atoms with E-state index in [4.69, 9.17) is 16.3 Å². The monoisotopic (exact) mass is 481 g/mol. The molecule has 2 aromatic carbocycles. The third-order valence-corrected chi connectivity index (χ3v) is 6.14. The number of hydrogen-bond acceptors (Lipinski definition) is 4. The Bertz CT molecular complexity index is 1000. The first-order valence-electron chi connectivity index (χ1n) is 10.6. The van der Waals surface area contributed by atoms with Crippen LogP contribution in [0.5, 0.6) is 5.75 Å². The Hall–Kier alpha value is -2.78. The summed E-state index contributed by atoms with van der Waals surface area (Å²) in [6.07, 6.45) is -4.84. The summed E-state index contributed by atoms with van der Waals surface area (Å²) < 4.78 is 43.4. The molecule has 0 radical (unpaired) electrons. The molecule has 0 N–H and O–H groups in total. The summed E-state index contributed by atoms with van der Waals surface area (Å²) in [5.74, 6) is -1.25. The Morgan fingerprint density at radius 1 is 0.970 bits per heavy atom. The van der Waals surface area contributed by atoms with Crippen LogP contribution in [0, 0.1) is 0 Å². The van der Waals surface area contributed by atoms with E-state index in [0.717, 1.165) is 10.5 Å². The van der Waals surface area contributed by atoms with Crippen LogP contribution in [0.4, 0.5) is 13.2 Å². The second-order valence-corrected chi connectivity index (χ2v) is 8.57. The summed E-state index contributed by atoms with van der Waals surface area (Å²) in [4.78, 5) is 28.6. The SMILES string of the molecule is O=C(c1ccc(OCc2cccc(Cl)c2)cc1)N1CC(N2CCN(C(=O)C(F)(F)F)CC2)C1. The van der Waals surface area contributed by atoms with Gasteiger partial charge in [0.25, 0.3) is 5.91 Å². The van der Waals surface area contributed by atoms with E-state index in [1.165, 1.54) is 0 Å². The van der Waals surface area contributed by atoms with E-state index in [9.17, 15) is 22.8 Å². The van der Waals surface area contributed by atoms with Crippen molar-refractivity contribution in [2.24, 2.45) is 0 Å². The fourth-order valence-electron chi connectivity index (χ4n) is 3.99. The molecule has 0 unspecified atom stereocenters. The van der Waals surface area contributed by atoms with Crippen LogP contribution in [-0.2, 0) is 11.4 Å². The van der Waals surface area contributed by atoms with E-state index in [0.29, 0.717) is 49.1 Å². The molecular weight excluding hydrogens is 459 g/mol. The van der Waals surface area contributed by atoms with Gasteiger partial charge in [-0.3, -0.25) is 14.5 Å². The molecule has 10 heteroatoms. The number of rotatable bonds is 5. The van der Waals surface area contributed by atoms with Gasteiger partial charge in [0.1, 0.15) is 12.4 Å². The standard InChI is InChI=1S/C23H23ClF3N3O3/c24-18-3-1-2-16(12-18)15-33-20-6-4-17(5-7-20)21(31)30-13-19(14-30)28-8-10-29(11-9-28)22(32)23(25,26)27/h1-7,12,19H,8-11,13-15H2. The molecule has 6 nitrogen and oxygen atoms in total. The zero-order chi connectivity index (χ0) is 23.6. The topological polar surface area (TPSA) is 53.1 Å². The van der Waals surface area contributed by atoms with Crippen molar-refractivity contribution >= 4 is 23.4 Å². The number of piperazine rings is 1. The lowest BCUT2D eigenvalue weighted by Crippen LogP contribution is -2.65. The first-order chi connectivity index (χ1) is 15.7. The van der Waals surface area contributed by atoms with Gasteiger partial charge in [0.2, 0.25) is 0 Å². The number of nitrogens with zero attached hydrogens (tertiary/aromatic N) is 3. The Morgan fingerprint density at radius 2 is 1.64 bits per heavy atom. The highest BCUT2D eigenvalue weighted by atomic mass is 35.5. The molecule has 0 spiro atoms. The normalized spacial score (nSPS) is 17.6. The molecule has 0 atom stereocenters. The maximum absolute atomic E-state index is 12.7. The van der Waals surface area contributed by atoms with Crippen LogP contribution < -0.4 is 4.74 Å². The van der Waals surface area contributed by atoms with Crippen LogP contribution in [0.1, 0.15) is 15.9 Å². The second-order valence-electron chi connectivity index (χ2n) is 8.13. The average molecular weight is 482 g/mol. The zero-order valence-electron chi connectivity index (χ0n) is 17.7. The van der Waals surface area contributed by atoms with Crippen LogP contribution in [0.25, 0.3) is 0 Å². The van der Waals surface area contributed by atoms with E-state index < -0.39 is 12.1 Å². The Kier molecular flexibility index (Phi) is 6.81. The highest BCUT2D eigenvalue weighted by molar-refractivity contribution is 6.30. The molecule has 2 heterocycles. The van der Waals surface area contributed by atoms with Crippen molar-refractivity contribution in [1.29, 1.82) is 0 Å². The molecule has 0 aliphatic carbocycles. The highest BCUT2D eigenvalue weighted by Gasteiger charge is 2.44. The number of ether oxygens (including phenoxy) is 1. The Balaban J connectivity index is 1.22. The number of hydrogen-bond donors (Lipinski definition) is 0. The zero-order valence-corrected chi connectivity index (χ0v) is 18.5. The Morgan fingerprint density at radius 3 is 2.24 bits per heavy atom. The number of amides is 2. The minimum absolute atomic E-state index is 0.0411. The first kappa shape index (κ1) is 23.4. The number of alkyl halides is 3. The molecule has 2 aliphatic heterocycles. The third-order valence-electron chi connectivity index (χ3n) is 5.91. The summed E-state index contributed by atoms with van der Waals surface area (Å²) in [6.45, 7) is 2.21. The van der Waals surface area contributed by atoms with Gasteiger partial charge in [0.15, 0.2) is 0 Å². The average Bonchev–Trinajstić information content (AvgIpc) is 2.76. The van der Waals surface area contributed by atoms with Crippen LogP contribution in [0.3, 0.4) is 0 Å². The maximum Gasteiger partial charge on any atom is 0.471 e. The summed E-state index contributed by atoms with van der Waals surface area (Å²) in [7, 11) is 0. The third kappa shape index (κ3) is 5.59. The molecule has 2 amide bonds. The minimum Gasteiger partial charge on any atom is -0.489 e. The van der Waals surface area contributed by atoms with Crippen molar-refractivity contribution in [1.82, 2.24) is 14.7 Å². The second kappa shape index (κ2) is 9.61. The Labute approximate surface area is 194 Å². The molecule has 2 saturated heterocycles. The molecule has 0 aromatic heterocycles. The van der Waals surface area contributed by atoms with Gasteiger partial charge in [-0.05, 0) is 42.0 Å². The van der Waals surface area contributed by atoms with Gasteiger partial charge in [-0.1, -0.05) is 23.7 Å². The van der Waals surface area contributed by atoms with Gasteiger partial charge >= 0.3 is 12.1 Å². The van der Waals surface area contributed by atoms with E-state index in [2.05, 4.69) is 0 Å². The number of carbonyl (C=O) groups is 2. The number of halogens is 4. The van der Waals surface area contributed by atoms with Gasteiger partial charge in [-0.15, -0.1) is 0 Å². The summed E-state index contributed by atoms with van der Waals surface area (Å²) in [5.41, 5.74) is 1.49. The molecule has 2 aliphatic rings.